The first-order valence-corrected chi connectivity index (χ1v) is 5.85. The average Bonchev–Trinajstić information content (AvgIpc) is 2.34. The van der Waals surface area contributed by atoms with Gasteiger partial charge in [0.05, 0.1) is 16.7 Å². The summed E-state index contributed by atoms with van der Waals surface area (Å²) in [5.74, 6) is -1.37. The van der Waals surface area contributed by atoms with Crippen molar-refractivity contribution in [2.24, 2.45) is 0 Å². The summed E-state index contributed by atoms with van der Waals surface area (Å²) in [6.45, 7) is 1.81. The second kappa shape index (κ2) is 6.07. The van der Waals surface area contributed by atoms with E-state index >= 15 is 0 Å². The number of halogens is 5. The number of nitrogens with zero attached hydrogens (tertiary/aromatic N) is 1. The molecule has 0 atom stereocenters. The maximum absolute atomic E-state index is 13.1. The van der Waals surface area contributed by atoms with Crippen LogP contribution in [0.1, 0.15) is 30.9 Å². The maximum atomic E-state index is 13.1. The molecule has 0 aliphatic carbocycles. The molecule has 0 unspecified atom stereocenters. The number of rotatable bonds is 3. The molecule has 0 saturated heterocycles. The van der Waals surface area contributed by atoms with Gasteiger partial charge >= 0.3 is 6.18 Å². The van der Waals surface area contributed by atoms with Gasteiger partial charge in [0, 0.05) is 5.57 Å². The van der Waals surface area contributed by atoms with E-state index < -0.39 is 17.6 Å². The minimum Gasteiger partial charge on any atom is -0.206 e. The molecule has 0 saturated carbocycles. The Morgan fingerprint density at radius 1 is 1.37 bits per heavy atom. The van der Waals surface area contributed by atoms with Gasteiger partial charge in [0.1, 0.15) is 5.82 Å². The van der Waals surface area contributed by atoms with Gasteiger partial charge in [0.25, 0.3) is 0 Å². The fourth-order valence-electron chi connectivity index (χ4n) is 1.52. The van der Waals surface area contributed by atoms with Gasteiger partial charge in [-0.2, -0.15) is 18.4 Å². The minimum absolute atomic E-state index is 0.0135. The molecule has 0 amide bonds. The number of hydrogen-bond donors (Lipinski definition) is 0. The lowest BCUT2D eigenvalue weighted by Gasteiger charge is -2.10. The summed E-state index contributed by atoms with van der Waals surface area (Å²) in [7, 11) is 0. The fraction of sp³-hybridized carbons (Fsp3) is 0.308. The highest BCUT2D eigenvalue weighted by Gasteiger charge is 2.34. The standard InChI is InChI=1S/C13H10ClF4N/c1-2-3-9(7-19)12(14)8-4-5-11(15)10(6-8)13(16,17)18/h4-6H,2-3H2,1H3. The van der Waals surface area contributed by atoms with Crippen molar-refractivity contribution >= 4 is 16.6 Å². The third-order valence-electron chi connectivity index (χ3n) is 2.43. The van der Waals surface area contributed by atoms with Crippen molar-refractivity contribution in [2.75, 3.05) is 0 Å². The normalized spacial score (nSPS) is 12.9. The third-order valence-corrected chi connectivity index (χ3v) is 2.87. The Bertz CT molecular complexity index is 541. The van der Waals surface area contributed by atoms with Crippen LogP contribution in [0.25, 0.3) is 5.03 Å². The highest BCUT2D eigenvalue weighted by Crippen LogP contribution is 2.35. The zero-order valence-electron chi connectivity index (χ0n) is 9.98. The van der Waals surface area contributed by atoms with Gasteiger partial charge in [-0.15, -0.1) is 0 Å². The molecule has 0 heterocycles. The van der Waals surface area contributed by atoms with E-state index in [1.54, 1.807) is 0 Å². The topological polar surface area (TPSA) is 23.8 Å². The maximum Gasteiger partial charge on any atom is 0.419 e. The van der Waals surface area contributed by atoms with Crippen molar-refractivity contribution in [3.05, 3.63) is 40.7 Å². The van der Waals surface area contributed by atoms with Crippen LogP contribution < -0.4 is 0 Å². The molecular weight excluding hydrogens is 282 g/mol. The Hall–Kier alpha value is -1.54. The third kappa shape index (κ3) is 3.71. The lowest BCUT2D eigenvalue weighted by molar-refractivity contribution is -0.140. The van der Waals surface area contributed by atoms with Gasteiger partial charge in [-0.25, -0.2) is 4.39 Å². The fourth-order valence-corrected chi connectivity index (χ4v) is 1.77. The first-order valence-electron chi connectivity index (χ1n) is 5.47. The van der Waals surface area contributed by atoms with E-state index in [1.807, 2.05) is 13.0 Å². The van der Waals surface area contributed by atoms with Crippen LogP contribution in [-0.4, -0.2) is 0 Å². The Labute approximate surface area is 113 Å². The first kappa shape index (κ1) is 15.5. The smallest absolute Gasteiger partial charge is 0.206 e. The molecule has 1 aromatic carbocycles. The Morgan fingerprint density at radius 2 is 2.00 bits per heavy atom. The molecular formula is C13H10ClF4N. The average molecular weight is 292 g/mol. The highest BCUT2D eigenvalue weighted by molar-refractivity contribution is 6.49. The quantitative estimate of drug-likeness (QED) is 0.560. The van der Waals surface area contributed by atoms with Crippen molar-refractivity contribution in [3.63, 3.8) is 0 Å². The monoisotopic (exact) mass is 291 g/mol. The summed E-state index contributed by atoms with van der Waals surface area (Å²) in [6, 6.07) is 4.28. The summed E-state index contributed by atoms with van der Waals surface area (Å²) in [4.78, 5) is 0. The molecule has 1 aromatic rings. The molecule has 0 N–H and O–H groups in total. The van der Waals surface area contributed by atoms with Crippen molar-refractivity contribution < 1.29 is 17.6 Å². The molecule has 0 aliphatic heterocycles. The van der Waals surface area contributed by atoms with Crippen molar-refractivity contribution in [2.45, 2.75) is 25.9 Å². The molecule has 102 valence electrons. The Kier molecular flexibility index (Phi) is 4.96. The van der Waals surface area contributed by atoms with Crippen molar-refractivity contribution in [1.29, 1.82) is 5.26 Å². The molecule has 19 heavy (non-hydrogen) atoms. The lowest BCUT2D eigenvalue weighted by Crippen LogP contribution is -2.08. The van der Waals surface area contributed by atoms with Gasteiger partial charge < -0.3 is 0 Å². The van der Waals surface area contributed by atoms with E-state index in [-0.39, 0.29) is 16.2 Å². The van der Waals surface area contributed by atoms with Gasteiger partial charge in [0.15, 0.2) is 0 Å². The second-order valence-corrected chi connectivity index (χ2v) is 4.22. The zero-order valence-corrected chi connectivity index (χ0v) is 10.7. The molecule has 0 bridgehead atoms. The van der Waals surface area contributed by atoms with Crippen LogP contribution in [0.5, 0.6) is 0 Å². The number of nitriles is 1. The number of benzene rings is 1. The Morgan fingerprint density at radius 3 is 2.47 bits per heavy atom. The number of hydrogen-bond acceptors (Lipinski definition) is 1. The van der Waals surface area contributed by atoms with Crippen molar-refractivity contribution in [3.8, 4) is 6.07 Å². The predicted molar refractivity (Wildman–Crippen MR) is 64.7 cm³/mol. The molecule has 1 nitrogen and oxygen atoms in total. The molecule has 1 rings (SSSR count). The van der Waals surface area contributed by atoms with Crippen LogP contribution in [0.2, 0.25) is 0 Å². The van der Waals surface area contributed by atoms with Gasteiger partial charge in [0.2, 0.25) is 0 Å². The minimum atomic E-state index is -4.80. The molecule has 0 radical (unpaired) electrons. The largest absolute Gasteiger partial charge is 0.419 e. The lowest BCUT2D eigenvalue weighted by atomic mass is 10.0. The predicted octanol–water partition coefficient (Wildman–Crippen LogP) is 5.12. The van der Waals surface area contributed by atoms with Crippen LogP contribution in [0.15, 0.2) is 23.8 Å². The van der Waals surface area contributed by atoms with E-state index in [4.69, 9.17) is 16.9 Å². The van der Waals surface area contributed by atoms with E-state index in [0.717, 1.165) is 6.07 Å². The summed E-state index contributed by atoms with van der Waals surface area (Å²) >= 11 is 5.89. The Balaban J connectivity index is 3.34. The zero-order chi connectivity index (χ0) is 14.6. The number of alkyl halides is 3. The van der Waals surface area contributed by atoms with Crippen LogP contribution in [0.3, 0.4) is 0 Å². The first-order chi connectivity index (χ1) is 8.81. The summed E-state index contributed by atoms with van der Waals surface area (Å²) < 4.78 is 50.8. The summed E-state index contributed by atoms with van der Waals surface area (Å²) in [6.07, 6.45) is -3.81. The van der Waals surface area contributed by atoms with Gasteiger partial charge in [-0.3, -0.25) is 0 Å². The molecule has 0 fully saturated rings. The summed E-state index contributed by atoms with van der Waals surface area (Å²) in [5, 5.41) is 8.81. The van der Waals surface area contributed by atoms with E-state index in [1.165, 1.54) is 0 Å². The van der Waals surface area contributed by atoms with E-state index in [0.29, 0.717) is 25.0 Å². The van der Waals surface area contributed by atoms with Crippen LogP contribution in [-0.2, 0) is 6.18 Å². The molecule has 0 spiro atoms. The molecule has 0 aliphatic rings. The van der Waals surface area contributed by atoms with Crippen LogP contribution in [0, 0.1) is 17.1 Å². The number of allylic oxidation sites excluding steroid dienone is 1. The highest BCUT2D eigenvalue weighted by atomic mass is 35.5. The van der Waals surface area contributed by atoms with Gasteiger partial charge in [-0.1, -0.05) is 31.0 Å². The molecule has 6 heteroatoms. The van der Waals surface area contributed by atoms with Crippen LogP contribution in [0.4, 0.5) is 17.6 Å². The van der Waals surface area contributed by atoms with E-state index in [2.05, 4.69) is 0 Å². The summed E-state index contributed by atoms with van der Waals surface area (Å²) in [5.41, 5.74) is -1.22. The van der Waals surface area contributed by atoms with Gasteiger partial charge in [-0.05, 0) is 24.1 Å². The molecule has 0 aromatic heterocycles. The second-order valence-electron chi connectivity index (χ2n) is 3.85. The van der Waals surface area contributed by atoms with E-state index in [9.17, 15) is 17.6 Å². The van der Waals surface area contributed by atoms with Crippen molar-refractivity contribution in [1.82, 2.24) is 0 Å². The van der Waals surface area contributed by atoms with Crippen LogP contribution >= 0.6 is 11.6 Å². The SMILES string of the molecule is CCCC(C#N)=C(Cl)c1ccc(F)c(C(F)(F)F)c1.